The SMILES string of the molecule is CC(C)NCC(c1ccc(F)cc1F)C1CCCCC1. The molecule has 0 aromatic heterocycles. The average Bonchev–Trinajstić information content (AvgIpc) is 2.42. The van der Waals surface area contributed by atoms with E-state index in [4.69, 9.17) is 0 Å². The highest BCUT2D eigenvalue weighted by molar-refractivity contribution is 5.24. The maximum atomic E-state index is 14.1. The van der Waals surface area contributed by atoms with Crippen LogP contribution < -0.4 is 5.32 Å². The standard InChI is InChI=1S/C17H25F2N/c1-12(2)20-11-16(13-6-4-3-5-7-13)15-9-8-14(18)10-17(15)19/h8-10,12-13,16,20H,3-7,11H2,1-2H3. The van der Waals surface area contributed by atoms with Gasteiger partial charge < -0.3 is 5.32 Å². The molecule has 20 heavy (non-hydrogen) atoms. The zero-order valence-electron chi connectivity index (χ0n) is 12.5. The van der Waals surface area contributed by atoms with E-state index in [1.807, 2.05) is 0 Å². The second-order valence-electron chi connectivity index (χ2n) is 6.23. The fourth-order valence-electron chi connectivity index (χ4n) is 3.23. The van der Waals surface area contributed by atoms with Crippen molar-refractivity contribution >= 4 is 0 Å². The summed E-state index contributed by atoms with van der Waals surface area (Å²) < 4.78 is 27.2. The van der Waals surface area contributed by atoms with Gasteiger partial charge in [0, 0.05) is 24.6 Å². The number of rotatable bonds is 5. The lowest BCUT2D eigenvalue weighted by atomic mass is 9.76. The lowest BCUT2D eigenvalue weighted by molar-refractivity contribution is 0.288. The maximum Gasteiger partial charge on any atom is 0.129 e. The van der Waals surface area contributed by atoms with E-state index in [9.17, 15) is 8.78 Å². The summed E-state index contributed by atoms with van der Waals surface area (Å²) in [4.78, 5) is 0. The Morgan fingerprint density at radius 3 is 2.45 bits per heavy atom. The van der Waals surface area contributed by atoms with Crippen molar-refractivity contribution in [2.45, 2.75) is 57.9 Å². The van der Waals surface area contributed by atoms with E-state index in [-0.39, 0.29) is 5.92 Å². The molecule has 3 heteroatoms. The average molecular weight is 281 g/mol. The Hall–Kier alpha value is -0.960. The Bertz CT molecular complexity index is 425. The van der Waals surface area contributed by atoms with Crippen molar-refractivity contribution in [2.75, 3.05) is 6.54 Å². The topological polar surface area (TPSA) is 12.0 Å². The van der Waals surface area contributed by atoms with Crippen LogP contribution in [-0.2, 0) is 0 Å². The first-order chi connectivity index (χ1) is 9.58. The van der Waals surface area contributed by atoms with E-state index in [0.717, 1.165) is 25.5 Å². The van der Waals surface area contributed by atoms with Gasteiger partial charge >= 0.3 is 0 Å². The molecule has 1 nitrogen and oxygen atoms in total. The van der Waals surface area contributed by atoms with E-state index in [1.54, 1.807) is 6.07 Å². The van der Waals surface area contributed by atoms with E-state index in [0.29, 0.717) is 17.5 Å². The number of nitrogens with one attached hydrogen (secondary N) is 1. The molecule has 1 fully saturated rings. The molecule has 1 saturated carbocycles. The Morgan fingerprint density at radius 2 is 1.85 bits per heavy atom. The first kappa shape index (κ1) is 15.4. The summed E-state index contributed by atoms with van der Waals surface area (Å²) in [7, 11) is 0. The highest BCUT2D eigenvalue weighted by atomic mass is 19.1. The molecule has 1 aromatic carbocycles. The molecule has 112 valence electrons. The van der Waals surface area contributed by atoms with Crippen LogP contribution in [0.25, 0.3) is 0 Å². The van der Waals surface area contributed by atoms with Crippen molar-refractivity contribution in [3.8, 4) is 0 Å². The molecular weight excluding hydrogens is 256 g/mol. The summed E-state index contributed by atoms with van der Waals surface area (Å²) in [6.45, 7) is 4.96. The van der Waals surface area contributed by atoms with Gasteiger partial charge in [0.05, 0.1) is 0 Å². The van der Waals surface area contributed by atoms with Gasteiger partial charge in [0.25, 0.3) is 0 Å². The second kappa shape index (κ2) is 7.16. The van der Waals surface area contributed by atoms with Gasteiger partial charge in [0.1, 0.15) is 11.6 Å². The van der Waals surface area contributed by atoms with E-state index in [1.165, 1.54) is 25.3 Å². The molecule has 0 heterocycles. The summed E-state index contributed by atoms with van der Waals surface area (Å²) >= 11 is 0. The summed E-state index contributed by atoms with van der Waals surface area (Å²) in [5.41, 5.74) is 0.673. The molecule has 1 atom stereocenters. The van der Waals surface area contributed by atoms with Crippen LogP contribution in [0.15, 0.2) is 18.2 Å². The molecule has 0 aliphatic heterocycles. The minimum absolute atomic E-state index is 0.151. The van der Waals surface area contributed by atoms with Crippen LogP contribution in [0.5, 0.6) is 0 Å². The normalized spacial score (nSPS) is 18.4. The van der Waals surface area contributed by atoms with Crippen LogP contribution in [0.1, 0.15) is 57.4 Å². The van der Waals surface area contributed by atoms with Gasteiger partial charge in [-0.15, -0.1) is 0 Å². The molecule has 1 N–H and O–H groups in total. The number of benzene rings is 1. The van der Waals surface area contributed by atoms with Crippen LogP contribution >= 0.6 is 0 Å². The van der Waals surface area contributed by atoms with Gasteiger partial charge in [-0.1, -0.05) is 39.2 Å². The third-order valence-corrected chi connectivity index (χ3v) is 4.33. The van der Waals surface area contributed by atoms with Gasteiger partial charge in [0.15, 0.2) is 0 Å². The van der Waals surface area contributed by atoms with Gasteiger partial charge in [-0.05, 0) is 30.4 Å². The van der Waals surface area contributed by atoms with Crippen molar-refractivity contribution in [3.05, 3.63) is 35.4 Å². The minimum atomic E-state index is -0.495. The van der Waals surface area contributed by atoms with Crippen LogP contribution in [0, 0.1) is 17.6 Å². The smallest absolute Gasteiger partial charge is 0.129 e. The van der Waals surface area contributed by atoms with Crippen LogP contribution in [0.4, 0.5) is 8.78 Å². The molecule has 1 aliphatic carbocycles. The maximum absolute atomic E-state index is 14.1. The summed E-state index contributed by atoms with van der Waals surface area (Å²) in [6.07, 6.45) is 6.05. The second-order valence-corrected chi connectivity index (χ2v) is 6.23. The minimum Gasteiger partial charge on any atom is -0.314 e. The van der Waals surface area contributed by atoms with Gasteiger partial charge in [-0.25, -0.2) is 8.78 Å². The monoisotopic (exact) mass is 281 g/mol. The predicted molar refractivity (Wildman–Crippen MR) is 78.8 cm³/mol. The molecule has 0 spiro atoms. The largest absolute Gasteiger partial charge is 0.314 e. The molecule has 0 bridgehead atoms. The fourth-order valence-corrected chi connectivity index (χ4v) is 3.23. The Labute approximate surface area is 120 Å². The van der Waals surface area contributed by atoms with Crippen molar-refractivity contribution in [2.24, 2.45) is 5.92 Å². The summed E-state index contributed by atoms with van der Waals surface area (Å²) in [5, 5.41) is 3.42. The molecule has 1 unspecified atom stereocenters. The van der Waals surface area contributed by atoms with E-state index < -0.39 is 11.6 Å². The Morgan fingerprint density at radius 1 is 1.15 bits per heavy atom. The third kappa shape index (κ3) is 4.02. The lowest BCUT2D eigenvalue weighted by Crippen LogP contribution is -2.32. The van der Waals surface area contributed by atoms with Gasteiger partial charge in [-0.2, -0.15) is 0 Å². The van der Waals surface area contributed by atoms with Crippen molar-refractivity contribution in [3.63, 3.8) is 0 Å². The van der Waals surface area contributed by atoms with Gasteiger partial charge in [-0.3, -0.25) is 0 Å². The number of hydrogen-bond acceptors (Lipinski definition) is 1. The molecule has 0 radical (unpaired) electrons. The van der Waals surface area contributed by atoms with Crippen LogP contribution in [0.2, 0.25) is 0 Å². The highest BCUT2D eigenvalue weighted by Gasteiger charge is 2.27. The van der Waals surface area contributed by atoms with Crippen LogP contribution in [0.3, 0.4) is 0 Å². The zero-order valence-corrected chi connectivity index (χ0v) is 12.5. The van der Waals surface area contributed by atoms with E-state index in [2.05, 4.69) is 19.2 Å². The first-order valence-corrected chi connectivity index (χ1v) is 7.76. The molecule has 0 saturated heterocycles. The molecule has 0 amide bonds. The van der Waals surface area contributed by atoms with Crippen molar-refractivity contribution in [1.29, 1.82) is 0 Å². The van der Waals surface area contributed by atoms with E-state index >= 15 is 0 Å². The lowest BCUT2D eigenvalue weighted by Gasteiger charge is -2.31. The molecule has 2 rings (SSSR count). The van der Waals surface area contributed by atoms with Crippen LogP contribution in [-0.4, -0.2) is 12.6 Å². The van der Waals surface area contributed by atoms with Crippen molar-refractivity contribution < 1.29 is 8.78 Å². The number of halogens is 2. The molecule has 1 aliphatic rings. The first-order valence-electron chi connectivity index (χ1n) is 7.76. The Kier molecular flexibility index (Phi) is 5.53. The zero-order chi connectivity index (χ0) is 14.5. The number of hydrogen-bond donors (Lipinski definition) is 1. The quantitative estimate of drug-likeness (QED) is 0.830. The summed E-state index contributed by atoms with van der Waals surface area (Å²) in [6, 6.07) is 4.40. The predicted octanol–water partition coefficient (Wildman–Crippen LogP) is 4.63. The van der Waals surface area contributed by atoms with Crippen molar-refractivity contribution in [1.82, 2.24) is 5.32 Å². The highest BCUT2D eigenvalue weighted by Crippen LogP contribution is 2.36. The molecular formula is C17H25F2N. The fraction of sp³-hybridized carbons (Fsp3) is 0.647. The third-order valence-electron chi connectivity index (χ3n) is 4.33. The molecule has 1 aromatic rings. The summed E-state index contributed by atoms with van der Waals surface area (Å²) in [5.74, 6) is -0.232. The Balaban J connectivity index is 2.19. The van der Waals surface area contributed by atoms with Gasteiger partial charge in [0.2, 0.25) is 0 Å².